The lowest BCUT2D eigenvalue weighted by atomic mass is 9.92. The maximum absolute atomic E-state index is 5.24. The lowest BCUT2D eigenvalue weighted by Gasteiger charge is -2.13. The number of fused-ring (bicyclic) bond motifs is 1. The molecule has 19 heavy (non-hydrogen) atoms. The van der Waals surface area contributed by atoms with E-state index in [0.29, 0.717) is 0 Å². The van der Waals surface area contributed by atoms with Crippen molar-refractivity contribution in [1.29, 1.82) is 0 Å². The monoisotopic (exact) mass is 256 g/mol. The first-order valence-corrected chi connectivity index (χ1v) is 6.54. The Bertz CT molecular complexity index is 599. The molecule has 0 aliphatic heterocycles. The molecule has 0 unspecified atom stereocenters. The van der Waals surface area contributed by atoms with Crippen LogP contribution in [0.5, 0.6) is 0 Å². The van der Waals surface area contributed by atoms with E-state index in [1.807, 2.05) is 10.7 Å². The fraction of sp³-hybridized carbons (Fsp3) is 0.467. The van der Waals surface area contributed by atoms with Crippen LogP contribution < -0.4 is 5.32 Å². The van der Waals surface area contributed by atoms with Gasteiger partial charge >= 0.3 is 0 Å². The maximum atomic E-state index is 5.24. The maximum Gasteiger partial charge on any atom is 0.152 e. The predicted octanol–water partition coefficient (Wildman–Crippen LogP) is 2.85. The van der Waals surface area contributed by atoms with Crippen molar-refractivity contribution in [3.63, 3.8) is 0 Å². The zero-order valence-electron chi connectivity index (χ0n) is 11.8. The van der Waals surface area contributed by atoms with Crippen LogP contribution in [0.1, 0.15) is 39.3 Å². The molecule has 0 aliphatic rings. The highest BCUT2D eigenvalue weighted by molar-refractivity contribution is 5.68. The first-order chi connectivity index (χ1) is 9.02. The standard InChI is InChI=1S/C15H20N4/c1-5-6-7-8-16-14-12-11-13(15(2,3)4)18-19(12)10-9-17-14/h1,9-11H,6-8H2,2-4H3,(H,16,17). The van der Waals surface area contributed by atoms with E-state index in [0.717, 1.165) is 36.4 Å². The molecule has 0 radical (unpaired) electrons. The topological polar surface area (TPSA) is 42.2 Å². The average Bonchev–Trinajstić information content (AvgIpc) is 2.79. The van der Waals surface area contributed by atoms with Crippen molar-refractivity contribution in [1.82, 2.24) is 14.6 Å². The molecule has 2 aromatic heterocycles. The predicted molar refractivity (Wildman–Crippen MR) is 78.2 cm³/mol. The van der Waals surface area contributed by atoms with Crippen molar-refractivity contribution < 1.29 is 0 Å². The van der Waals surface area contributed by atoms with Gasteiger partial charge in [-0.2, -0.15) is 5.10 Å². The van der Waals surface area contributed by atoms with Crippen molar-refractivity contribution in [2.24, 2.45) is 0 Å². The summed E-state index contributed by atoms with van der Waals surface area (Å²) in [6, 6.07) is 2.09. The summed E-state index contributed by atoms with van der Waals surface area (Å²) in [5.41, 5.74) is 2.10. The van der Waals surface area contributed by atoms with Crippen molar-refractivity contribution in [3.05, 3.63) is 24.2 Å². The average molecular weight is 256 g/mol. The van der Waals surface area contributed by atoms with E-state index in [9.17, 15) is 0 Å². The Morgan fingerprint density at radius 1 is 1.42 bits per heavy atom. The van der Waals surface area contributed by atoms with Crippen LogP contribution in [0, 0.1) is 12.3 Å². The van der Waals surface area contributed by atoms with Crippen molar-refractivity contribution in [3.8, 4) is 12.3 Å². The fourth-order valence-electron chi connectivity index (χ4n) is 1.82. The number of unbranched alkanes of at least 4 members (excludes halogenated alkanes) is 1. The zero-order valence-corrected chi connectivity index (χ0v) is 11.8. The molecule has 0 amide bonds. The van der Waals surface area contributed by atoms with E-state index in [1.165, 1.54) is 0 Å². The molecule has 0 bridgehead atoms. The van der Waals surface area contributed by atoms with Crippen molar-refractivity contribution in [2.45, 2.75) is 39.0 Å². The second-order valence-corrected chi connectivity index (χ2v) is 5.62. The molecule has 4 heteroatoms. The molecule has 0 saturated heterocycles. The molecule has 4 nitrogen and oxygen atoms in total. The molecular formula is C15H20N4. The summed E-state index contributed by atoms with van der Waals surface area (Å²) in [6.45, 7) is 7.29. The molecule has 0 fully saturated rings. The molecular weight excluding hydrogens is 236 g/mol. The van der Waals surface area contributed by atoms with Crippen LogP contribution >= 0.6 is 0 Å². The minimum absolute atomic E-state index is 0.0345. The molecule has 2 heterocycles. The molecule has 0 saturated carbocycles. The smallest absolute Gasteiger partial charge is 0.152 e. The van der Waals surface area contributed by atoms with Gasteiger partial charge in [0.2, 0.25) is 0 Å². The molecule has 2 rings (SSSR count). The van der Waals surface area contributed by atoms with Gasteiger partial charge in [0.15, 0.2) is 5.82 Å². The van der Waals surface area contributed by atoms with Crippen molar-refractivity contribution in [2.75, 3.05) is 11.9 Å². The lowest BCUT2D eigenvalue weighted by Crippen LogP contribution is -2.11. The van der Waals surface area contributed by atoms with Gasteiger partial charge in [-0.15, -0.1) is 12.3 Å². The van der Waals surface area contributed by atoms with Crippen LogP contribution in [0.4, 0.5) is 5.82 Å². The third-order valence-electron chi connectivity index (χ3n) is 2.95. The minimum Gasteiger partial charge on any atom is -0.368 e. The summed E-state index contributed by atoms with van der Waals surface area (Å²) in [5.74, 6) is 3.50. The van der Waals surface area contributed by atoms with E-state index in [2.05, 4.69) is 48.2 Å². The Morgan fingerprint density at radius 2 is 2.21 bits per heavy atom. The minimum atomic E-state index is 0.0345. The van der Waals surface area contributed by atoms with Gasteiger partial charge in [-0.05, 0) is 12.5 Å². The van der Waals surface area contributed by atoms with E-state index < -0.39 is 0 Å². The Hall–Kier alpha value is -2.02. The Balaban J connectivity index is 2.25. The van der Waals surface area contributed by atoms with Gasteiger partial charge in [-0.25, -0.2) is 9.50 Å². The zero-order chi connectivity index (χ0) is 13.9. The van der Waals surface area contributed by atoms with E-state index in [-0.39, 0.29) is 5.41 Å². The summed E-state index contributed by atoms with van der Waals surface area (Å²) < 4.78 is 1.87. The third-order valence-corrected chi connectivity index (χ3v) is 2.95. The second-order valence-electron chi connectivity index (χ2n) is 5.62. The number of rotatable bonds is 4. The van der Waals surface area contributed by atoms with Crippen LogP contribution in [0.15, 0.2) is 18.5 Å². The number of hydrogen-bond acceptors (Lipinski definition) is 3. The molecule has 2 aromatic rings. The number of aromatic nitrogens is 3. The number of terminal acetylenes is 1. The lowest BCUT2D eigenvalue weighted by molar-refractivity contribution is 0.562. The first kappa shape index (κ1) is 13.4. The van der Waals surface area contributed by atoms with Crippen molar-refractivity contribution >= 4 is 11.3 Å². The number of anilines is 1. The Morgan fingerprint density at radius 3 is 2.89 bits per heavy atom. The van der Waals surface area contributed by atoms with Gasteiger partial charge in [0.25, 0.3) is 0 Å². The second kappa shape index (κ2) is 5.31. The van der Waals surface area contributed by atoms with Crippen LogP contribution in [-0.2, 0) is 5.41 Å². The normalized spacial score (nSPS) is 11.5. The summed E-state index contributed by atoms with van der Waals surface area (Å²) in [7, 11) is 0. The highest BCUT2D eigenvalue weighted by atomic mass is 15.2. The van der Waals surface area contributed by atoms with E-state index in [1.54, 1.807) is 6.20 Å². The van der Waals surface area contributed by atoms with Crippen LogP contribution in [0.2, 0.25) is 0 Å². The highest BCUT2D eigenvalue weighted by Crippen LogP contribution is 2.24. The quantitative estimate of drug-likeness (QED) is 0.675. The Kier molecular flexibility index (Phi) is 3.75. The molecule has 0 atom stereocenters. The molecule has 0 aliphatic carbocycles. The molecule has 100 valence electrons. The van der Waals surface area contributed by atoms with Gasteiger partial charge in [-0.3, -0.25) is 0 Å². The molecule has 1 N–H and O–H groups in total. The molecule has 0 aromatic carbocycles. The third kappa shape index (κ3) is 3.05. The summed E-state index contributed by atoms with van der Waals surface area (Å²) in [4.78, 5) is 4.38. The van der Waals surface area contributed by atoms with Gasteiger partial charge < -0.3 is 5.32 Å². The highest BCUT2D eigenvalue weighted by Gasteiger charge is 2.18. The largest absolute Gasteiger partial charge is 0.368 e. The number of nitrogens with zero attached hydrogens (tertiary/aromatic N) is 3. The molecule has 0 spiro atoms. The van der Waals surface area contributed by atoms with Gasteiger partial charge in [0, 0.05) is 30.8 Å². The Labute approximate surface area is 114 Å². The van der Waals surface area contributed by atoms with Gasteiger partial charge in [0.1, 0.15) is 5.52 Å². The summed E-state index contributed by atoms with van der Waals surface area (Å²) >= 11 is 0. The van der Waals surface area contributed by atoms with Gasteiger partial charge in [0.05, 0.1) is 5.69 Å². The SMILES string of the molecule is C#CCCCNc1nccn2nc(C(C)(C)C)cc12. The first-order valence-electron chi connectivity index (χ1n) is 6.54. The number of nitrogens with one attached hydrogen (secondary N) is 1. The van der Waals surface area contributed by atoms with E-state index in [4.69, 9.17) is 6.42 Å². The van der Waals surface area contributed by atoms with Gasteiger partial charge in [-0.1, -0.05) is 20.8 Å². The summed E-state index contributed by atoms with van der Waals surface area (Å²) in [6.07, 6.45) is 10.6. The van der Waals surface area contributed by atoms with E-state index >= 15 is 0 Å². The van der Waals surface area contributed by atoms with Crippen LogP contribution in [0.3, 0.4) is 0 Å². The summed E-state index contributed by atoms with van der Waals surface area (Å²) in [5, 5.41) is 7.91. The fourth-order valence-corrected chi connectivity index (χ4v) is 1.82. The van der Waals surface area contributed by atoms with Crippen LogP contribution in [-0.4, -0.2) is 21.1 Å². The number of hydrogen-bond donors (Lipinski definition) is 1. The van der Waals surface area contributed by atoms with Crippen LogP contribution in [0.25, 0.3) is 5.52 Å².